The van der Waals surface area contributed by atoms with Gasteiger partial charge in [0.05, 0.1) is 12.2 Å². The first-order valence-corrected chi connectivity index (χ1v) is 7.61. The number of hydrogen-bond donors (Lipinski definition) is 0. The highest BCUT2D eigenvalue weighted by atomic mass is 16.5. The van der Waals surface area contributed by atoms with Crippen LogP contribution in [0, 0.1) is 0 Å². The quantitative estimate of drug-likeness (QED) is 0.791. The smallest absolute Gasteiger partial charge is 0.198 e. The summed E-state index contributed by atoms with van der Waals surface area (Å²) >= 11 is 0. The Morgan fingerprint density at radius 1 is 1.20 bits per heavy atom. The number of hydrogen-bond acceptors (Lipinski definition) is 3. The normalized spacial score (nSPS) is 20.9. The van der Waals surface area contributed by atoms with E-state index in [1.165, 1.54) is 6.42 Å². The molecule has 20 heavy (non-hydrogen) atoms. The Morgan fingerprint density at radius 2 is 2.00 bits per heavy atom. The summed E-state index contributed by atoms with van der Waals surface area (Å²) in [7, 11) is 1.67. The van der Waals surface area contributed by atoms with Crippen molar-refractivity contribution in [2.24, 2.45) is 0 Å². The summed E-state index contributed by atoms with van der Waals surface area (Å²) in [5.41, 5.74) is 1.24. The van der Waals surface area contributed by atoms with Crippen LogP contribution in [0.4, 0.5) is 0 Å². The lowest BCUT2D eigenvalue weighted by Gasteiger charge is -2.35. The number of para-hydroxylation sites is 1. The molecule has 0 aromatic heterocycles. The first-order chi connectivity index (χ1) is 9.77. The van der Waals surface area contributed by atoms with Crippen LogP contribution in [0.1, 0.15) is 54.4 Å². The maximum absolute atomic E-state index is 13.0. The van der Waals surface area contributed by atoms with Crippen molar-refractivity contribution >= 4 is 5.78 Å². The fourth-order valence-electron chi connectivity index (χ4n) is 3.46. The van der Waals surface area contributed by atoms with Gasteiger partial charge in [-0.25, -0.2) is 0 Å². The van der Waals surface area contributed by atoms with Crippen molar-refractivity contribution in [2.75, 3.05) is 13.7 Å². The molecule has 3 nitrogen and oxygen atoms in total. The minimum atomic E-state index is -0.631. The third-order valence-corrected chi connectivity index (χ3v) is 4.64. The second-order valence-corrected chi connectivity index (χ2v) is 5.83. The largest absolute Gasteiger partial charge is 0.493 e. The Kier molecular flexibility index (Phi) is 3.79. The van der Waals surface area contributed by atoms with E-state index >= 15 is 0 Å². The van der Waals surface area contributed by atoms with Gasteiger partial charge in [0.25, 0.3) is 0 Å². The van der Waals surface area contributed by atoms with E-state index in [0.29, 0.717) is 12.2 Å². The zero-order valence-electron chi connectivity index (χ0n) is 12.1. The standard InChI is InChI=1S/C17H22O3/c1-19-17(10-3-2-4-11-17)16(18)14-9-5-7-13-8-6-12-20-15(13)14/h5,7,9H,2-4,6,8,10-12H2,1H3. The summed E-state index contributed by atoms with van der Waals surface area (Å²) in [5, 5.41) is 0. The summed E-state index contributed by atoms with van der Waals surface area (Å²) < 4.78 is 11.5. The molecule has 0 atom stereocenters. The summed E-state index contributed by atoms with van der Waals surface area (Å²) in [6.07, 6.45) is 7.00. The second-order valence-electron chi connectivity index (χ2n) is 5.83. The maximum Gasteiger partial charge on any atom is 0.198 e. The molecule has 0 saturated heterocycles. The molecule has 0 N–H and O–H groups in total. The van der Waals surface area contributed by atoms with Gasteiger partial charge in [0.1, 0.15) is 11.4 Å². The maximum atomic E-state index is 13.0. The highest BCUT2D eigenvalue weighted by Crippen LogP contribution is 2.38. The molecule has 1 saturated carbocycles. The molecule has 1 heterocycles. The lowest BCUT2D eigenvalue weighted by molar-refractivity contribution is -0.0196. The van der Waals surface area contributed by atoms with Crippen molar-refractivity contribution in [3.05, 3.63) is 29.3 Å². The summed E-state index contributed by atoms with van der Waals surface area (Å²) in [4.78, 5) is 13.0. The van der Waals surface area contributed by atoms with E-state index in [0.717, 1.165) is 49.8 Å². The highest BCUT2D eigenvalue weighted by Gasteiger charge is 2.41. The number of ketones is 1. The van der Waals surface area contributed by atoms with Gasteiger partial charge >= 0.3 is 0 Å². The summed E-state index contributed by atoms with van der Waals surface area (Å²) in [6, 6.07) is 5.92. The third kappa shape index (κ3) is 2.24. The molecule has 2 aliphatic rings. The van der Waals surface area contributed by atoms with Crippen molar-refractivity contribution in [3.63, 3.8) is 0 Å². The lowest BCUT2D eigenvalue weighted by atomic mass is 9.78. The van der Waals surface area contributed by atoms with Crippen LogP contribution in [-0.4, -0.2) is 25.1 Å². The van der Waals surface area contributed by atoms with Gasteiger partial charge in [-0.2, -0.15) is 0 Å². The zero-order valence-corrected chi connectivity index (χ0v) is 12.1. The zero-order chi connectivity index (χ0) is 14.0. The number of rotatable bonds is 3. The van der Waals surface area contributed by atoms with Crippen LogP contribution in [0.2, 0.25) is 0 Å². The van der Waals surface area contributed by atoms with Crippen LogP contribution in [-0.2, 0) is 11.2 Å². The Morgan fingerprint density at radius 3 is 2.75 bits per heavy atom. The van der Waals surface area contributed by atoms with Crippen molar-refractivity contribution < 1.29 is 14.3 Å². The molecule has 3 rings (SSSR count). The van der Waals surface area contributed by atoms with E-state index in [1.54, 1.807) is 7.11 Å². The second kappa shape index (κ2) is 5.57. The molecule has 0 amide bonds. The molecule has 1 aromatic rings. The number of carbonyl (C=O) groups is 1. The molecule has 1 aliphatic heterocycles. The number of Topliss-reactive ketones (excluding diaryl/α,β-unsaturated/α-hetero) is 1. The molecule has 1 aliphatic carbocycles. The van der Waals surface area contributed by atoms with E-state index in [9.17, 15) is 4.79 Å². The molecular weight excluding hydrogens is 252 g/mol. The number of methoxy groups -OCH3 is 1. The van der Waals surface area contributed by atoms with Crippen LogP contribution in [0.25, 0.3) is 0 Å². The lowest BCUT2D eigenvalue weighted by Crippen LogP contribution is -2.42. The Hall–Kier alpha value is -1.35. The van der Waals surface area contributed by atoms with Crippen molar-refractivity contribution in [3.8, 4) is 5.75 Å². The van der Waals surface area contributed by atoms with Gasteiger partial charge in [0.15, 0.2) is 5.78 Å². The molecule has 1 aromatic carbocycles. The fourth-order valence-corrected chi connectivity index (χ4v) is 3.46. The molecule has 0 radical (unpaired) electrons. The van der Waals surface area contributed by atoms with Crippen LogP contribution < -0.4 is 4.74 Å². The average Bonchev–Trinajstić information content (AvgIpc) is 2.54. The van der Waals surface area contributed by atoms with E-state index in [-0.39, 0.29) is 5.78 Å². The van der Waals surface area contributed by atoms with Crippen molar-refractivity contribution in [1.82, 2.24) is 0 Å². The van der Waals surface area contributed by atoms with Crippen molar-refractivity contribution in [1.29, 1.82) is 0 Å². The first kappa shape index (κ1) is 13.6. The topological polar surface area (TPSA) is 35.5 Å². The molecule has 0 spiro atoms. The third-order valence-electron chi connectivity index (χ3n) is 4.64. The first-order valence-electron chi connectivity index (χ1n) is 7.61. The van der Waals surface area contributed by atoms with Crippen LogP contribution in [0.15, 0.2) is 18.2 Å². The van der Waals surface area contributed by atoms with Gasteiger partial charge in [0, 0.05) is 7.11 Å². The van der Waals surface area contributed by atoms with E-state index in [2.05, 4.69) is 6.07 Å². The number of carbonyl (C=O) groups excluding carboxylic acids is 1. The fraction of sp³-hybridized carbons (Fsp3) is 0.588. The van der Waals surface area contributed by atoms with Gasteiger partial charge < -0.3 is 9.47 Å². The Bertz CT molecular complexity index is 501. The van der Waals surface area contributed by atoms with Gasteiger partial charge in [-0.3, -0.25) is 4.79 Å². The molecule has 3 heteroatoms. The highest BCUT2D eigenvalue weighted by molar-refractivity contribution is 6.05. The predicted octanol–water partition coefficient (Wildman–Crippen LogP) is 3.54. The minimum absolute atomic E-state index is 0.110. The molecular formula is C17H22O3. The van der Waals surface area contributed by atoms with E-state index in [1.807, 2.05) is 12.1 Å². The van der Waals surface area contributed by atoms with Gasteiger partial charge in [0.2, 0.25) is 0 Å². The van der Waals surface area contributed by atoms with Gasteiger partial charge in [-0.15, -0.1) is 0 Å². The number of fused-ring (bicyclic) bond motifs is 1. The minimum Gasteiger partial charge on any atom is -0.493 e. The van der Waals surface area contributed by atoms with Crippen LogP contribution >= 0.6 is 0 Å². The molecule has 108 valence electrons. The molecule has 1 fully saturated rings. The van der Waals surface area contributed by atoms with Crippen LogP contribution in [0.3, 0.4) is 0 Å². The van der Waals surface area contributed by atoms with Crippen molar-refractivity contribution in [2.45, 2.75) is 50.5 Å². The SMILES string of the molecule is COC1(C(=O)c2cccc3c2OCCC3)CCCCC1. The van der Waals surface area contributed by atoms with Gasteiger partial charge in [-0.1, -0.05) is 31.4 Å². The number of ether oxygens (including phenoxy) is 2. The molecule has 0 unspecified atom stereocenters. The average molecular weight is 274 g/mol. The summed E-state index contributed by atoms with van der Waals surface area (Å²) in [6.45, 7) is 0.706. The Labute approximate surface area is 120 Å². The van der Waals surface area contributed by atoms with Crippen LogP contribution in [0.5, 0.6) is 5.75 Å². The summed E-state index contributed by atoms with van der Waals surface area (Å²) in [5.74, 6) is 0.907. The monoisotopic (exact) mass is 274 g/mol. The van der Waals surface area contributed by atoms with E-state index < -0.39 is 5.60 Å². The number of benzene rings is 1. The predicted molar refractivity (Wildman–Crippen MR) is 77.4 cm³/mol. The van der Waals surface area contributed by atoms with Gasteiger partial charge in [-0.05, 0) is 37.3 Å². The molecule has 0 bridgehead atoms. The van der Waals surface area contributed by atoms with E-state index in [4.69, 9.17) is 9.47 Å². The number of aryl methyl sites for hydroxylation is 1. The Balaban J connectivity index is 1.97.